The topological polar surface area (TPSA) is 87.7 Å². The Balaban J connectivity index is 1.16. The Morgan fingerprint density at radius 3 is 2.41 bits per heavy atom. The van der Waals surface area contributed by atoms with E-state index in [4.69, 9.17) is 4.74 Å². The molecule has 1 fully saturated rings. The molecule has 3 N–H and O–H groups in total. The molecular weight excluding hydrogens is 512 g/mol. The van der Waals surface area contributed by atoms with Crippen LogP contribution in [0.4, 0.5) is 0 Å². The Hall–Kier alpha value is -4.00. The van der Waals surface area contributed by atoms with Crippen molar-refractivity contribution in [2.24, 2.45) is 0 Å². The molecule has 0 radical (unpaired) electrons. The zero-order chi connectivity index (χ0) is 28.6. The molecular formula is C35H38N2O4. The van der Waals surface area contributed by atoms with Gasteiger partial charge in [0.05, 0.1) is 6.61 Å². The number of ether oxygens (including phenoxy) is 1. The van der Waals surface area contributed by atoms with Gasteiger partial charge in [-0.25, -0.2) is 4.79 Å². The van der Waals surface area contributed by atoms with Crippen LogP contribution in [0.25, 0.3) is 10.8 Å². The molecule has 4 aromatic carbocycles. The predicted molar refractivity (Wildman–Crippen MR) is 162 cm³/mol. The molecule has 1 aliphatic rings. The second kappa shape index (κ2) is 13.6. The zero-order valence-electron chi connectivity index (χ0n) is 23.5. The highest BCUT2D eigenvalue weighted by molar-refractivity contribution is 5.96. The number of amides is 1. The van der Waals surface area contributed by atoms with Crippen molar-refractivity contribution in [1.82, 2.24) is 10.6 Å². The van der Waals surface area contributed by atoms with E-state index in [9.17, 15) is 14.7 Å². The summed E-state index contributed by atoms with van der Waals surface area (Å²) < 4.78 is 5.28. The van der Waals surface area contributed by atoms with Crippen LogP contribution in [0.3, 0.4) is 0 Å². The summed E-state index contributed by atoms with van der Waals surface area (Å²) in [6.07, 6.45) is 4.46. The van der Waals surface area contributed by atoms with Crippen LogP contribution in [0.15, 0.2) is 97.1 Å². The Labute approximate surface area is 241 Å². The van der Waals surface area contributed by atoms with Crippen LogP contribution in [0, 0.1) is 0 Å². The number of carbonyl (C=O) groups excluding carboxylic acids is 2. The van der Waals surface area contributed by atoms with Crippen molar-refractivity contribution in [3.63, 3.8) is 0 Å². The van der Waals surface area contributed by atoms with Gasteiger partial charge in [0.25, 0.3) is 5.91 Å². The maximum Gasteiger partial charge on any atom is 0.331 e. The summed E-state index contributed by atoms with van der Waals surface area (Å²) in [6.45, 7) is 1.79. The Morgan fingerprint density at radius 2 is 1.63 bits per heavy atom. The van der Waals surface area contributed by atoms with E-state index in [2.05, 4.69) is 60.0 Å². The van der Waals surface area contributed by atoms with Crippen LogP contribution < -0.4 is 10.6 Å². The molecule has 6 heteroatoms. The van der Waals surface area contributed by atoms with Gasteiger partial charge < -0.3 is 20.5 Å². The molecule has 41 heavy (non-hydrogen) atoms. The van der Waals surface area contributed by atoms with Gasteiger partial charge in [0.1, 0.15) is 6.61 Å². The van der Waals surface area contributed by atoms with Gasteiger partial charge in [0.15, 0.2) is 6.04 Å². The normalized spacial score (nSPS) is 18.4. The molecule has 0 heterocycles. The van der Waals surface area contributed by atoms with Crippen molar-refractivity contribution < 1.29 is 19.4 Å². The minimum absolute atomic E-state index is 0.0820. The standard InChI is InChI=1S/C35H38N2O4/c1-24(31-16-8-12-27-11-5-6-15-32(27)31)36-30-14-7-13-29(21-30)26-17-19-28(20-18-26)34(39)37-33(22-38)35(40)41-23-25-9-3-2-4-10-25/h2-6,8-12,15-20,24,29-30,33,36,38H,7,13-14,21-23H2,1H3,(H,37,39)/t24-,29+,30+,33-/m1/s1. The monoisotopic (exact) mass is 550 g/mol. The first-order valence-corrected chi connectivity index (χ1v) is 14.5. The van der Waals surface area contributed by atoms with Gasteiger partial charge in [0, 0.05) is 17.6 Å². The molecule has 0 bridgehead atoms. The lowest BCUT2D eigenvalue weighted by molar-refractivity contribution is -0.148. The molecule has 1 saturated carbocycles. The minimum Gasteiger partial charge on any atom is -0.459 e. The number of aliphatic hydroxyl groups excluding tert-OH is 1. The highest BCUT2D eigenvalue weighted by Crippen LogP contribution is 2.34. The molecule has 4 aromatic rings. The van der Waals surface area contributed by atoms with E-state index in [0.29, 0.717) is 17.5 Å². The number of rotatable bonds is 10. The van der Waals surface area contributed by atoms with E-state index in [1.54, 1.807) is 12.1 Å². The van der Waals surface area contributed by atoms with Gasteiger partial charge in [-0.3, -0.25) is 4.79 Å². The number of benzene rings is 4. The van der Waals surface area contributed by atoms with Crippen LogP contribution in [0.2, 0.25) is 0 Å². The Morgan fingerprint density at radius 1 is 0.902 bits per heavy atom. The summed E-state index contributed by atoms with van der Waals surface area (Å²) >= 11 is 0. The minimum atomic E-state index is -1.13. The van der Waals surface area contributed by atoms with Crippen molar-refractivity contribution >= 4 is 22.6 Å². The van der Waals surface area contributed by atoms with E-state index in [0.717, 1.165) is 31.2 Å². The molecule has 6 nitrogen and oxygen atoms in total. The molecule has 0 unspecified atom stereocenters. The third kappa shape index (κ3) is 7.20. The fourth-order valence-electron chi connectivity index (χ4n) is 5.87. The van der Waals surface area contributed by atoms with Crippen molar-refractivity contribution in [3.05, 3.63) is 119 Å². The van der Waals surface area contributed by atoms with Gasteiger partial charge >= 0.3 is 5.97 Å². The summed E-state index contributed by atoms with van der Waals surface area (Å²) in [4.78, 5) is 25.3. The molecule has 212 valence electrons. The van der Waals surface area contributed by atoms with E-state index in [1.165, 1.54) is 21.9 Å². The number of fused-ring (bicyclic) bond motifs is 1. The SMILES string of the molecule is C[C@@H](N[C@H]1CCC[C@H](c2ccc(C(=O)N[C@H](CO)C(=O)OCc3ccccc3)cc2)C1)c1cccc2ccccc12. The molecule has 0 aliphatic heterocycles. The molecule has 5 rings (SSSR count). The van der Waals surface area contributed by atoms with Gasteiger partial charge in [-0.15, -0.1) is 0 Å². The fourth-order valence-corrected chi connectivity index (χ4v) is 5.87. The summed E-state index contributed by atoms with van der Waals surface area (Å²) in [5, 5.41) is 18.7. The molecule has 1 amide bonds. The first-order valence-electron chi connectivity index (χ1n) is 14.5. The van der Waals surface area contributed by atoms with Crippen molar-refractivity contribution in [3.8, 4) is 0 Å². The molecule has 0 aromatic heterocycles. The second-order valence-electron chi connectivity index (χ2n) is 10.9. The van der Waals surface area contributed by atoms with E-state index in [-0.39, 0.29) is 12.6 Å². The van der Waals surface area contributed by atoms with Crippen molar-refractivity contribution in [1.29, 1.82) is 0 Å². The lowest BCUT2D eigenvalue weighted by Crippen LogP contribution is -2.44. The second-order valence-corrected chi connectivity index (χ2v) is 10.9. The van der Waals surface area contributed by atoms with Gasteiger partial charge in [-0.2, -0.15) is 0 Å². The largest absolute Gasteiger partial charge is 0.459 e. The third-order valence-electron chi connectivity index (χ3n) is 8.09. The van der Waals surface area contributed by atoms with Gasteiger partial charge in [-0.05, 0) is 71.7 Å². The first kappa shape index (κ1) is 28.5. The maximum atomic E-state index is 12.8. The lowest BCUT2D eigenvalue weighted by atomic mass is 9.80. The Kier molecular flexibility index (Phi) is 9.44. The van der Waals surface area contributed by atoms with Crippen molar-refractivity contribution in [2.45, 2.75) is 63.3 Å². The quantitative estimate of drug-likeness (QED) is 0.209. The van der Waals surface area contributed by atoms with Gasteiger partial charge in [-0.1, -0.05) is 91.3 Å². The van der Waals surface area contributed by atoms with Crippen LogP contribution in [0.5, 0.6) is 0 Å². The van der Waals surface area contributed by atoms with Crippen LogP contribution in [-0.4, -0.2) is 35.7 Å². The van der Waals surface area contributed by atoms with E-state index >= 15 is 0 Å². The summed E-state index contributed by atoms with van der Waals surface area (Å²) in [7, 11) is 0. The highest BCUT2D eigenvalue weighted by Gasteiger charge is 2.26. The van der Waals surface area contributed by atoms with Crippen LogP contribution in [-0.2, 0) is 16.1 Å². The molecule has 1 aliphatic carbocycles. The van der Waals surface area contributed by atoms with Crippen molar-refractivity contribution in [2.75, 3.05) is 6.61 Å². The predicted octanol–water partition coefficient (Wildman–Crippen LogP) is 6.05. The lowest BCUT2D eigenvalue weighted by Gasteiger charge is -2.32. The van der Waals surface area contributed by atoms with E-state index in [1.807, 2.05) is 42.5 Å². The van der Waals surface area contributed by atoms with Crippen LogP contribution in [0.1, 0.15) is 71.6 Å². The molecule has 0 saturated heterocycles. The zero-order valence-corrected chi connectivity index (χ0v) is 23.5. The number of carbonyl (C=O) groups is 2. The smallest absolute Gasteiger partial charge is 0.331 e. The van der Waals surface area contributed by atoms with Crippen LogP contribution >= 0.6 is 0 Å². The average Bonchev–Trinajstić information content (AvgIpc) is 3.02. The first-order chi connectivity index (χ1) is 20.0. The van der Waals surface area contributed by atoms with E-state index < -0.39 is 24.5 Å². The number of hydrogen-bond acceptors (Lipinski definition) is 5. The highest BCUT2D eigenvalue weighted by atomic mass is 16.5. The number of aliphatic hydroxyl groups is 1. The number of nitrogens with one attached hydrogen (secondary N) is 2. The summed E-state index contributed by atoms with van der Waals surface area (Å²) in [6, 6.07) is 31.5. The summed E-state index contributed by atoms with van der Waals surface area (Å²) in [5.41, 5.74) is 3.82. The fraction of sp³-hybridized carbons (Fsp3) is 0.314. The molecule has 4 atom stereocenters. The summed E-state index contributed by atoms with van der Waals surface area (Å²) in [5.74, 6) is -0.671. The van der Waals surface area contributed by atoms with Gasteiger partial charge in [0.2, 0.25) is 0 Å². The number of hydrogen-bond donors (Lipinski definition) is 3. The average molecular weight is 551 g/mol. The Bertz CT molecular complexity index is 1450. The third-order valence-corrected chi connectivity index (χ3v) is 8.09. The molecule has 0 spiro atoms. The maximum absolute atomic E-state index is 12.8. The number of esters is 1.